The molecular weight excluding hydrogens is 146 g/mol. The minimum atomic E-state index is 0.583. The van der Waals surface area contributed by atoms with Crippen molar-refractivity contribution in [2.24, 2.45) is 10.8 Å². The van der Waals surface area contributed by atoms with Crippen LogP contribution in [0, 0.1) is 10.8 Å². The molecule has 0 heterocycles. The molecule has 2 saturated carbocycles. The van der Waals surface area contributed by atoms with Gasteiger partial charge in [-0.2, -0.15) is 0 Å². The van der Waals surface area contributed by atoms with E-state index in [0.29, 0.717) is 10.8 Å². The van der Waals surface area contributed by atoms with Gasteiger partial charge in [0.2, 0.25) is 0 Å². The van der Waals surface area contributed by atoms with E-state index in [-0.39, 0.29) is 0 Å². The lowest BCUT2D eigenvalue weighted by molar-refractivity contribution is 0.360. The molecule has 70 valence electrons. The Labute approximate surface area is 75.9 Å². The summed E-state index contributed by atoms with van der Waals surface area (Å²) < 4.78 is 0. The first-order chi connectivity index (χ1) is 5.44. The topological polar surface area (TPSA) is 12.0 Å². The summed E-state index contributed by atoms with van der Waals surface area (Å²) >= 11 is 0. The Morgan fingerprint density at radius 2 is 1.75 bits per heavy atom. The molecule has 0 saturated heterocycles. The monoisotopic (exact) mass is 167 g/mol. The average molecular weight is 167 g/mol. The van der Waals surface area contributed by atoms with Gasteiger partial charge in [-0.3, -0.25) is 0 Å². The third kappa shape index (κ3) is 1.39. The summed E-state index contributed by atoms with van der Waals surface area (Å²) in [4.78, 5) is 0. The van der Waals surface area contributed by atoms with Gasteiger partial charge >= 0.3 is 0 Å². The maximum Gasteiger partial charge on any atom is 0.0127 e. The lowest BCUT2D eigenvalue weighted by Crippen LogP contribution is -2.36. The molecule has 0 bridgehead atoms. The number of nitrogens with one attached hydrogen (secondary N) is 1. The summed E-state index contributed by atoms with van der Waals surface area (Å²) in [6.45, 7) is 9.46. The zero-order valence-electron chi connectivity index (χ0n) is 8.78. The standard InChI is InChI=1S/C11H21N/c1-8(11(4)5-6-11)12-9-7-10(9,2)3/h8-9,12H,5-7H2,1-4H3. The van der Waals surface area contributed by atoms with Gasteiger partial charge in [-0.05, 0) is 37.0 Å². The van der Waals surface area contributed by atoms with Crippen LogP contribution in [0.3, 0.4) is 0 Å². The first-order valence-corrected chi connectivity index (χ1v) is 5.20. The molecule has 2 aliphatic carbocycles. The molecule has 2 fully saturated rings. The smallest absolute Gasteiger partial charge is 0.0127 e. The van der Waals surface area contributed by atoms with Crippen molar-refractivity contribution < 1.29 is 0 Å². The van der Waals surface area contributed by atoms with Crippen LogP contribution >= 0.6 is 0 Å². The second kappa shape index (κ2) is 2.25. The normalized spacial score (nSPS) is 37.5. The Balaban J connectivity index is 1.81. The maximum atomic E-state index is 3.75. The third-order valence-electron chi connectivity index (χ3n) is 4.05. The Bertz CT molecular complexity index is 191. The average Bonchev–Trinajstić information content (AvgIpc) is 2.77. The fourth-order valence-electron chi connectivity index (χ4n) is 1.88. The minimum Gasteiger partial charge on any atom is -0.310 e. The van der Waals surface area contributed by atoms with Crippen molar-refractivity contribution in [1.82, 2.24) is 5.32 Å². The van der Waals surface area contributed by atoms with E-state index in [1.54, 1.807) is 0 Å². The molecule has 0 aliphatic heterocycles. The van der Waals surface area contributed by atoms with Gasteiger partial charge in [0.25, 0.3) is 0 Å². The van der Waals surface area contributed by atoms with Crippen molar-refractivity contribution >= 4 is 0 Å². The predicted octanol–water partition coefficient (Wildman–Crippen LogP) is 2.56. The fraction of sp³-hybridized carbons (Fsp3) is 1.00. The molecule has 1 N–H and O–H groups in total. The van der Waals surface area contributed by atoms with Crippen molar-refractivity contribution in [2.75, 3.05) is 0 Å². The molecule has 12 heavy (non-hydrogen) atoms. The van der Waals surface area contributed by atoms with E-state index in [0.717, 1.165) is 12.1 Å². The maximum absolute atomic E-state index is 3.75. The van der Waals surface area contributed by atoms with E-state index in [9.17, 15) is 0 Å². The molecule has 2 unspecified atom stereocenters. The van der Waals surface area contributed by atoms with Crippen molar-refractivity contribution in [3.8, 4) is 0 Å². The minimum absolute atomic E-state index is 0.583. The predicted molar refractivity (Wildman–Crippen MR) is 52.1 cm³/mol. The van der Waals surface area contributed by atoms with Crippen molar-refractivity contribution in [3.63, 3.8) is 0 Å². The van der Waals surface area contributed by atoms with Crippen LogP contribution < -0.4 is 5.32 Å². The van der Waals surface area contributed by atoms with E-state index >= 15 is 0 Å². The summed E-state index contributed by atoms with van der Waals surface area (Å²) in [5.41, 5.74) is 1.22. The molecule has 0 amide bonds. The molecule has 2 atom stereocenters. The first kappa shape index (κ1) is 8.55. The van der Waals surface area contributed by atoms with Gasteiger partial charge in [-0.1, -0.05) is 20.8 Å². The Morgan fingerprint density at radius 3 is 2.08 bits per heavy atom. The number of hydrogen-bond donors (Lipinski definition) is 1. The van der Waals surface area contributed by atoms with Crippen LogP contribution in [-0.4, -0.2) is 12.1 Å². The van der Waals surface area contributed by atoms with E-state index in [1.165, 1.54) is 19.3 Å². The first-order valence-electron chi connectivity index (χ1n) is 5.20. The van der Waals surface area contributed by atoms with Gasteiger partial charge < -0.3 is 5.32 Å². The molecule has 1 heteroatoms. The lowest BCUT2D eigenvalue weighted by Gasteiger charge is -2.21. The lowest BCUT2D eigenvalue weighted by atomic mass is 10.0. The van der Waals surface area contributed by atoms with Gasteiger partial charge in [0.15, 0.2) is 0 Å². The quantitative estimate of drug-likeness (QED) is 0.681. The van der Waals surface area contributed by atoms with Crippen LogP contribution in [-0.2, 0) is 0 Å². The van der Waals surface area contributed by atoms with Gasteiger partial charge in [-0.15, -0.1) is 0 Å². The summed E-state index contributed by atoms with van der Waals surface area (Å²) in [5, 5.41) is 3.75. The van der Waals surface area contributed by atoms with E-state index in [1.807, 2.05) is 0 Å². The molecule has 2 rings (SSSR count). The molecule has 0 aromatic rings. The summed E-state index contributed by atoms with van der Waals surface area (Å²) in [6.07, 6.45) is 4.22. The second-order valence-electron chi connectivity index (χ2n) is 5.79. The van der Waals surface area contributed by atoms with Gasteiger partial charge in [0.1, 0.15) is 0 Å². The van der Waals surface area contributed by atoms with E-state index in [2.05, 4.69) is 33.0 Å². The fourth-order valence-corrected chi connectivity index (χ4v) is 1.88. The number of rotatable bonds is 3. The van der Waals surface area contributed by atoms with Crippen molar-refractivity contribution in [2.45, 2.75) is 59.0 Å². The molecule has 0 radical (unpaired) electrons. The summed E-state index contributed by atoms with van der Waals surface area (Å²) in [5.74, 6) is 0. The highest BCUT2D eigenvalue weighted by Crippen LogP contribution is 2.51. The van der Waals surface area contributed by atoms with E-state index in [4.69, 9.17) is 0 Å². The molecule has 0 spiro atoms. The summed E-state index contributed by atoms with van der Waals surface area (Å²) in [7, 11) is 0. The van der Waals surface area contributed by atoms with Gasteiger partial charge in [-0.25, -0.2) is 0 Å². The molecule has 0 aromatic carbocycles. The van der Waals surface area contributed by atoms with Crippen LogP contribution in [0.2, 0.25) is 0 Å². The van der Waals surface area contributed by atoms with Crippen LogP contribution in [0.5, 0.6) is 0 Å². The summed E-state index contributed by atoms with van der Waals surface area (Å²) in [6, 6.07) is 1.52. The molecule has 0 aromatic heterocycles. The largest absolute Gasteiger partial charge is 0.310 e. The van der Waals surface area contributed by atoms with Crippen molar-refractivity contribution in [3.05, 3.63) is 0 Å². The number of hydrogen-bond acceptors (Lipinski definition) is 1. The van der Waals surface area contributed by atoms with Crippen molar-refractivity contribution in [1.29, 1.82) is 0 Å². The van der Waals surface area contributed by atoms with Crippen LogP contribution in [0.4, 0.5) is 0 Å². The van der Waals surface area contributed by atoms with Gasteiger partial charge in [0.05, 0.1) is 0 Å². The molecule has 2 aliphatic rings. The zero-order chi connectivity index (χ0) is 8.98. The molecule has 1 nitrogen and oxygen atoms in total. The highest BCUT2D eigenvalue weighted by molar-refractivity contribution is 5.06. The van der Waals surface area contributed by atoms with Gasteiger partial charge in [0, 0.05) is 12.1 Å². The van der Waals surface area contributed by atoms with Crippen LogP contribution in [0.15, 0.2) is 0 Å². The van der Waals surface area contributed by atoms with Crippen LogP contribution in [0.25, 0.3) is 0 Å². The zero-order valence-corrected chi connectivity index (χ0v) is 8.78. The SMILES string of the molecule is CC(NC1CC1(C)C)C1(C)CC1. The Kier molecular flexibility index (Phi) is 1.61. The molecular formula is C11H21N. The Hall–Kier alpha value is -0.0400. The third-order valence-corrected chi connectivity index (χ3v) is 4.05. The highest BCUT2D eigenvalue weighted by Gasteiger charge is 2.50. The Morgan fingerprint density at radius 1 is 1.25 bits per heavy atom. The van der Waals surface area contributed by atoms with Crippen LogP contribution in [0.1, 0.15) is 47.0 Å². The second-order valence-corrected chi connectivity index (χ2v) is 5.79. The highest BCUT2D eigenvalue weighted by atomic mass is 15.0. The van der Waals surface area contributed by atoms with E-state index < -0.39 is 0 Å².